The topological polar surface area (TPSA) is 115 Å². The van der Waals surface area contributed by atoms with Gasteiger partial charge in [0.05, 0.1) is 36.7 Å². The van der Waals surface area contributed by atoms with Crippen molar-refractivity contribution in [1.29, 1.82) is 0 Å². The number of carbonyl (C=O) groups excluding carboxylic acids is 3. The Morgan fingerprint density at radius 2 is 1.64 bits per heavy atom. The summed E-state index contributed by atoms with van der Waals surface area (Å²) in [5, 5.41) is 4.60. The molecule has 3 aromatic rings. The van der Waals surface area contributed by atoms with Crippen LogP contribution in [0.5, 0.6) is 11.5 Å². The number of halogens is 1. The smallest absolute Gasteiger partial charge is 0.357 e. The second kappa shape index (κ2) is 12.4. The van der Waals surface area contributed by atoms with E-state index in [0.717, 1.165) is 0 Å². The first-order valence-electron chi connectivity index (χ1n) is 11.0. The van der Waals surface area contributed by atoms with Crippen LogP contribution in [-0.4, -0.2) is 61.7 Å². The number of nitrogens with zero attached hydrogens (tertiary/aromatic N) is 2. The van der Waals surface area contributed by atoms with Gasteiger partial charge in [-0.3, -0.25) is 0 Å². The van der Waals surface area contributed by atoms with Crippen molar-refractivity contribution in [3.8, 4) is 28.4 Å². The number of methoxy groups -OCH3 is 2. The average Bonchev–Trinajstić information content (AvgIpc) is 3.29. The van der Waals surface area contributed by atoms with Gasteiger partial charge in [-0.25, -0.2) is 19.1 Å². The van der Waals surface area contributed by atoms with Gasteiger partial charge >= 0.3 is 17.9 Å². The molecular weight excluding hydrogens is 583 g/mol. The first-order valence-corrected chi connectivity index (χ1v) is 12.0. The van der Waals surface area contributed by atoms with Crippen molar-refractivity contribution >= 4 is 40.5 Å². The van der Waals surface area contributed by atoms with Gasteiger partial charge in [-0.2, -0.15) is 5.10 Å². The zero-order valence-electron chi connectivity index (χ0n) is 20.2. The van der Waals surface area contributed by atoms with Gasteiger partial charge in [-0.05, 0) is 60.7 Å². The highest BCUT2D eigenvalue weighted by Gasteiger charge is 2.32. The number of hydrogen-bond donors (Lipinski definition) is 0. The van der Waals surface area contributed by atoms with Crippen LogP contribution in [0.15, 0.2) is 42.5 Å². The number of carbonyl (C=O) groups is 3. The number of rotatable bonds is 10. The molecule has 36 heavy (non-hydrogen) atoms. The Morgan fingerprint density at radius 3 is 2.25 bits per heavy atom. The third kappa shape index (κ3) is 5.78. The number of aromatic nitrogens is 2. The van der Waals surface area contributed by atoms with Gasteiger partial charge in [0.2, 0.25) is 0 Å². The van der Waals surface area contributed by atoms with Crippen LogP contribution in [0.2, 0.25) is 0 Å². The summed E-state index contributed by atoms with van der Waals surface area (Å²) in [4.78, 5) is 37.5. The van der Waals surface area contributed by atoms with E-state index in [2.05, 4.69) is 5.10 Å². The molecule has 0 bridgehead atoms. The highest BCUT2D eigenvalue weighted by atomic mass is 127. The van der Waals surface area contributed by atoms with Crippen LogP contribution in [0.3, 0.4) is 0 Å². The monoisotopic (exact) mass is 608 g/mol. The minimum absolute atomic E-state index is 0.0633. The first-order chi connectivity index (χ1) is 17.4. The standard InChI is InChI=1S/C25H25IN2O8/c1-5-34-18-13-15(12-17(26)23(18)36-14-19(29)35-6-2)21-20(24(30)32-3)22(25(31)33-4)28(27-21)16-10-8-7-9-11-16/h7-13H,5-6,14H2,1-4H3. The molecule has 0 atom stereocenters. The quantitative estimate of drug-likeness (QED) is 0.191. The van der Waals surface area contributed by atoms with Crippen molar-refractivity contribution in [3.63, 3.8) is 0 Å². The van der Waals surface area contributed by atoms with E-state index in [4.69, 9.17) is 23.7 Å². The molecule has 10 nitrogen and oxygen atoms in total. The molecule has 1 aromatic heterocycles. The minimum atomic E-state index is -0.761. The van der Waals surface area contributed by atoms with E-state index in [1.54, 1.807) is 50.2 Å². The largest absolute Gasteiger partial charge is 0.490 e. The Kier molecular flexibility index (Phi) is 9.28. The fraction of sp³-hybridized carbons (Fsp3) is 0.280. The lowest BCUT2D eigenvalue weighted by atomic mass is 10.0. The lowest BCUT2D eigenvalue weighted by molar-refractivity contribution is -0.145. The molecule has 0 aliphatic carbocycles. The van der Waals surface area contributed by atoms with Crippen LogP contribution in [0, 0.1) is 3.57 Å². The van der Waals surface area contributed by atoms with Crippen molar-refractivity contribution in [2.45, 2.75) is 13.8 Å². The number of esters is 3. The third-order valence-corrected chi connectivity index (χ3v) is 5.68. The molecular formula is C25H25IN2O8. The predicted octanol–water partition coefficient (Wildman–Crippen LogP) is 4.06. The van der Waals surface area contributed by atoms with Crippen LogP contribution in [0.25, 0.3) is 16.9 Å². The van der Waals surface area contributed by atoms with E-state index in [1.165, 1.54) is 18.9 Å². The maximum Gasteiger partial charge on any atom is 0.357 e. The molecule has 0 radical (unpaired) electrons. The highest BCUT2D eigenvalue weighted by Crippen LogP contribution is 2.39. The third-order valence-electron chi connectivity index (χ3n) is 4.88. The fourth-order valence-corrected chi connectivity index (χ4v) is 4.16. The molecule has 1 heterocycles. The van der Waals surface area contributed by atoms with Crippen LogP contribution in [0.1, 0.15) is 34.7 Å². The maximum absolute atomic E-state index is 12.9. The Labute approximate surface area is 221 Å². The number of benzene rings is 2. The first kappa shape index (κ1) is 27.0. The van der Waals surface area contributed by atoms with Crippen LogP contribution in [-0.2, 0) is 19.0 Å². The van der Waals surface area contributed by atoms with Gasteiger partial charge in [0, 0.05) is 5.56 Å². The molecule has 0 N–H and O–H groups in total. The molecule has 0 unspecified atom stereocenters. The van der Waals surface area contributed by atoms with Crippen LogP contribution < -0.4 is 9.47 Å². The Bertz CT molecular complexity index is 1260. The van der Waals surface area contributed by atoms with Gasteiger partial charge < -0.3 is 23.7 Å². The Balaban J connectivity index is 2.22. The second-order valence-corrected chi connectivity index (χ2v) is 8.28. The summed E-state index contributed by atoms with van der Waals surface area (Å²) >= 11 is 2.03. The van der Waals surface area contributed by atoms with E-state index in [0.29, 0.717) is 32.9 Å². The van der Waals surface area contributed by atoms with Crippen LogP contribution >= 0.6 is 22.6 Å². The lowest BCUT2D eigenvalue weighted by Gasteiger charge is -2.15. The van der Waals surface area contributed by atoms with Crippen molar-refractivity contribution in [2.75, 3.05) is 34.0 Å². The Hall–Kier alpha value is -3.61. The zero-order valence-corrected chi connectivity index (χ0v) is 22.4. The van der Waals surface area contributed by atoms with Gasteiger partial charge in [-0.1, -0.05) is 18.2 Å². The van der Waals surface area contributed by atoms with Gasteiger partial charge in [0.1, 0.15) is 11.3 Å². The van der Waals surface area contributed by atoms with E-state index in [-0.39, 0.29) is 30.2 Å². The summed E-state index contributed by atoms with van der Waals surface area (Å²) < 4.78 is 28.3. The highest BCUT2D eigenvalue weighted by molar-refractivity contribution is 14.1. The van der Waals surface area contributed by atoms with E-state index in [1.807, 2.05) is 28.7 Å². The molecule has 0 saturated carbocycles. The summed E-state index contributed by atoms with van der Waals surface area (Å²) in [6, 6.07) is 12.2. The summed E-state index contributed by atoms with van der Waals surface area (Å²) in [6.07, 6.45) is 0. The summed E-state index contributed by atoms with van der Waals surface area (Å²) in [5.74, 6) is -1.37. The fourth-order valence-electron chi connectivity index (χ4n) is 3.40. The van der Waals surface area contributed by atoms with E-state index in [9.17, 15) is 14.4 Å². The predicted molar refractivity (Wildman–Crippen MR) is 138 cm³/mol. The summed E-state index contributed by atoms with van der Waals surface area (Å²) in [7, 11) is 2.44. The SMILES string of the molecule is CCOC(=O)COc1c(I)cc(-c2nn(-c3ccccc3)c(C(=O)OC)c2C(=O)OC)cc1OCC. The molecule has 2 aromatic carbocycles. The number of hydrogen-bond acceptors (Lipinski definition) is 9. The van der Waals surface area contributed by atoms with Crippen LogP contribution in [0.4, 0.5) is 0 Å². The van der Waals surface area contributed by atoms with E-state index >= 15 is 0 Å². The van der Waals surface area contributed by atoms with Gasteiger partial charge in [0.15, 0.2) is 23.8 Å². The molecule has 0 saturated heterocycles. The molecule has 0 spiro atoms. The average molecular weight is 608 g/mol. The van der Waals surface area contributed by atoms with Gasteiger partial charge in [-0.15, -0.1) is 0 Å². The normalized spacial score (nSPS) is 10.5. The lowest BCUT2D eigenvalue weighted by Crippen LogP contribution is -2.16. The number of para-hydroxylation sites is 1. The molecule has 3 rings (SSSR count). The summed E-state index contributed by atoms with van der Waals surface area (Å²) in [6.45, 7) is 3.75. The zero-order chi connectivity index (χ0) is 26.2. The molecule has 190 valence electrons. The second-order valence-electron chi connectivity index (χ2n) is 7.11. The molecule has 0 amide bonds. The Morgan fingerprint density at radius 1 is 0.944 bits per heavy atom. The van der Waals surface area contributed by atoms with Crippen molar-refractivity contribution in [3.05, 3.63) is 57.3 Å². The van der Waals surface area contributed by atoms with Crippen molar-refractivity contribution in [2.24, 2.45) is 0 Å². The van der Waals surface area contributed by atoms with E-state index < -0.39 is 17.9 Å². The van der Waals surface area contributed by atoms with Gasteiger partial charge in [0.25, 0.3) is 0 Å². The van der Waals surface area contributed by atoms with Crippen molar-refractivity contribution < 1.29 is 38.1 Å². The minimum Gasteiger partial charge on any atom is -0.490 e. The molecule has 0 fully saturated rings. The molecule has 11 heteroatoms. The maximum atomic E-state index is 12.9. The molecule has 0 aliphatic heterocycles. The van der Waals surface area contributed by atoms with Crippen molar-refractivity contribution in [1.82, 2.24) is 9.78 Å². The summed E-state index contributed by atoms with van der Waals surface area (Å²) in [5.41, 5.74) is 1.05. The molecule has 0 aliphatic rings. The number of ether oxygens (including phenoxy) is 5.